The van der Waals surface area contributed by atoms with Gasteiger partial charge < -0.3 is 5.32 Å². The zero-order valence-corrected chi connectivity index (χ0v) is 14.2. The zero-order chi connectivity index (χ0) is 14.5. The minimum Gasteiger partial charge on any atom is -0.306 e. The van der Waals surface area contributed by atoms with Gasteiger partial charge in [-0.15, -0.1) is 11.3 Å². The van der Waals surface area contributed by atoms with Gasteiger partial charge in [-0.1, -0.05) is 19.9 Å². The fourth-order valence-corrected chi connectivity index (χ4v) is 3.56. The average Bonchev–Trinajstić information content (AvgIpc) is 2.92. The fraction of sp³-hybridized carbons (Fsp3) is 0.375. The first-order valence-electron chi connectivity index (χ1n) is 6.92. The van der Waals surface area contributed by atoms with E-state index in [1.54, 1.807) is 0 Å². The number of halogens is 2. The molecule has 2 rings (SSSR count). The number of benzene rings is 1. The van der Waals surface area contributed by atoms with Gasteiger partial charge in [-0.05, 0) is 65.1 Å². The molecule has 0 bridgehead atoms. The van der Waals surface area contributed by atoms with Crippen LogP contribution in [0.4, 0.5) is 4.39 Å². The summed E-state index contributed by atoms with van der Waals surface area (Å²) >= 11 is 5.10. The summed E-state index contributed by atoms with van der Waals surface area (Å²) in [5, 5.41) is 3.55. The van der Waals surface area contributed by atoms with Crippen LogP contribution in [0.25, 0.3) is 0 Å². The second-order valence-corrected chi connectivity index (χ2v) is 6.77. The Kier molecular flexibility index (Phi) is 5.75. The van der Waals surface area contributed by atoms with E-state index in [0.29, 0.717) is 4.47 Å². The lowest BCUT2D eigenvalue weighted by atomic mass is 10.1. The minimum absolute atomic E-state index is 0.136. The topological polar surface area (TPSA) is 12.0 Å². The lowest BCUT2D eigenvalue weighted by Gasteiger charge is -2.18. The van der Waals surface area contributed by atoms with E-state index in [9.17, 15) is 4.39 Å². The number of hydrogen-bond donors (Lipinski definition) is 1. The normalized spacial score (nSPS) is 12.6. The molecule has 0 saturated carbocycles. The highest BCUT2D eigenvalue weighted by Crippen LogP contribution is 2.31. The van der Waals surface area contributed by atoms with Gasteiger partial charge in [-0.25, -0.2) is 4.39 Å². The Morgan fingerprint density at radius 3 is 2.65 bits per heavy atom. The maximum absolute atomic E-state index is 13.4. The van der Waals surface area contributed by atoms with Crippen LogP contribution in [-0.2, 0) is 6.42 Å². The predicted molar refractivity (Wildman–Crippen MR) is 87.9 cm³/mol. The van der Waals surface area contributed by atoms with Gasteiger partial charge in [0.15, 0.2) is 0 Å². The summed E-state index contributed by atoms with van der Waals surface area (Å²) in [6.07, 6.45) is 2.13. The highest BCUT2D eigenvalue weighted by atomic mass is 79.9. The summed E-state index contributed by atoms with van der Waals surface area (Å²) in [6.45, 7) is 5.26. The Balaban J connectivity index is 2.32. The van der Waals surface area contributed by atoms with E-state index in [1.807, 2.05) is 23.5 Å². The van der Waals surface area contributed by atoms with Gasteiger partial charge in [-0.3, -0.25) is 0 Å². The summed E-state index contributed by atoms with van der Waals surface area (Å²) < 4.78 is 13.9. The molecule has 4 heteroatoms. The van der Waals surface area contributed by atoms with Crippen molar-refractivity contribution < 1.29 is 4.39 Å². The Labute approximate surface area is 132 Å². The van der Waals surface area contributed by atoms with Gasteiger partial charge in [0.05, 0.1) is 10.5 Å². The molecule has 0 fully saturated rings. The molecule has 108 valence electrons. The molecule has 0 aliphatic carbocycles. The van der Waals surface area contributed by atoms with Crippen LogP contribution in [0.15, 0.2) is 34.8 Å². The molecular weight excluding hydrogens is 337 g/mol. The van der Waals surface area contributed by atoms with E-state index in [2.05, 4.69) is 47.2 Å². The van der Waals surface area contributed by atoms with Gasteiger partial charge in [0.25, 0.3) is 0 Å². The van der Waals surface area contributed by atoms with E-state index >= 15 is 0 Å². The molecule has 0 saturated heterocycles. The Morgan fingerprint density at radius 1 is 1.25 bits per heavy atom. The molecule has 20 heavy (non-hydrogen) atoms. The molecule has 1 heterocycles. The van der Waals surface area contributed by atoms with Crippen molar-refractivity contribution in [2.75, 3.05) is 6.54 Å². The Morgan fingerprint density at radius 2 is 2.05 bits per heavy atom. The van der Waals surface area contributed by atoms with E-state index in [4.69, 9.17) is 0 Å². The molecule has 1 unspecified atom stereocenters. The third-order valence-electron chi connectivity index (χ3n) is 3.19. The predicted octanol–water partition coefficient (Wildman–Crippen LogP) is 5.30. The summed E-state index contributed by atoms with van der Waals surface area (Å²) in [7, 11) is 0. The number of hydrogen-bond acceptors (Lipinski definition) is 2. The molecule has 0 spiro atoms. The van der Waals surface area contributed by atoms with Crippen LogP contribution in [-0.4, -0.2) is 6.54 Å². The van der Waals surface area contributed by atoms with Crippen molar-refractivity contribution >= 4 is 27.3 Å². The number of aryl methyl sites for hydroxylation is 1. The van der Waals surface area contributed by atoms with Crippen LogP contribution in [0.5, 0.6) is 0 Å². The van der Waals surface area contributed by atoms with Gasteiger partial charge in [0.2, 0.25) is 0 Å². The van der Waals surface area contributed by atoms with Gasteiger partial charge >= 0.3 is 0 Å². The lowest BCUT2D eigenvalue weighted by molar-refractivity contribution is 0.596. The molecule has 1 nitrogen and oxygen atoms in total. The van der Waals surface area contributed by atoms with E-state index < -0.39 is 0 Å². The molecule has 1 N–H and O–H groups in total. The number of thiophene rings is 1. The summed E-state index contributed by atoms with van der Waals surface area (Å²) in [6, 6.07) is 9.74. The smallest absolute Gasteiger partial charge is 0.137 e. The van der Waals surface area contributed by atoms with Crippen LogP contribution in [0.1, 0.15) is 41.6 Å². The first-order chi connectivity index (χ1) is 9.65. The fourth-order valence-electron chi connectivity index (χ4n) is 2.10. The van der Waals surface area contributed by atoms with Crippen LogP contribution < -0.4 is 5.32 Å². The molecule has 1 aromatic carbocycles. The second kappa shape index (κ2) is 7.34. The van der Waals surface area contributed by atoms with Gasteiger partial charge in [0, 0.05) is 9.75 Å². The van der Waals surface area contributed by atoms with Gasteiger partial charge in [0.1, 0.15) is 5.82 Å². The molecule has 2 aromatic rings. The molecule has 0 aliphatic rings. The van der Waals surface area contributed by atoms with Crippen molar-refractivity contribution in [3.05, 3.63) is 55.9 Å². The van der Waals surface area contributed by atoms with Crippen LogP contribution in [0, 0.1) is 5.82 Å². The minimum atomic E-state index is -0.219. The van der Waals surface area contributed by atoms with Gasteiger partial charge in [-0.2, -0.15) is 0 Å². The van der Waals surface area contributed by atoms with Crippen molar-refractivity contribution in [2.45, 2.75) is 32.7 Å². The lowest BCUT2D eigenvalue weighted by Crippen LogP contribution is -2.22. The zero-order valence-electron chi connectivity index (χ0n) is 11.7. The number of rotatable bonds is 6. The van der Waals surface area contributed by atoms with Crippen molar-refractivity contribution in [1.29, 1.82) is 0 Å². The first-order valence-corrected chi connectivity index (χ1v) is 8.53. The number of nitrogens with one attached hydrogen (secondary N) is 1. The van der Waals surface area contributed by atoms with Crippen molar-refractivity contribution in [3.8, 4) is 0 Å². The highest BCUT2D eigenvalue weighted by molar-refractivity contribution is 9.10. The maximum Gasteiger partial charge on any atom is 0.137 e. The van der Waals surface area contributed by atoms with E-state index in [-0.39, 0.29) is 11.9 Å². The summed E-state index contributed by atoms with van der Waals surface area (Å²) in [5.41, 5.74) is 1.09. The molecule has 0 radical (unpaired) electrons. The Bertz CT molecular complexity index is 567. The molecular formula is C16H19BrFNS. The van der Waals surface area contributed by atoms with Crippen LogP contribution in [0.2, 0.25) is 0 Å². The molecule has 1 atom stereocenters. The average molecular weight is 356 g/mol. The maximum atomic E-state index is 13.4. The van der Waals surface area contributed by atoms with Crippen LogP contribution >= 0.6 is 27.3 Å². The van der Waals surface area contributed by atoms with Crippen LogP contribution in [0.3, 0.4) is 0 Å². The highest BCUT2D eigenvalue weighted by Gasteiger charge is 2.16. The summed E-state index contributed by atoms with van der Waals surface area (Å²) in [4.78, 5) is 2.67. The standard InChI is InChI=1S/C16H19BrFNS/c1-3-9-19-16(15-8-6-12(4-2)20-15)11-5-7-14(18)13(17)10-11/h5-8,10,16,19H,3-4,9H2,1-2H3. The van der Waals surface area contributed by atoms with Crippen molar-refractivity contribution in [2.24, 2.45) is 0 Å². The molecule has 0 aliphatic heterocycles. The summed E-state index contributed by atoms with van der Waals surface area (Å²) in [5.74, 6) is -0.219. The largest absolute Gasteiger partial charge is 0.306 e. The second-order valence-electron chi connectivity index (χ2n) is 4.72. The third kappa shape index (κ3) is 3.68. The van der Waals surface area contributed by atoms with E-state index in [1.165, 1.54) is 15.8 Å². The first kappa shape index (κ1) is 15.7. The van der Waals surface area contributed by atoms with Crippen molar-refractivity contribution in [1.82, 2.24) is 5.32 Å². The monoisotopic (exact) mass is 355 g/mol. The molecule has 1 aromatic heterocycles. The third-order valence-corrected chi connectivity index (χ3v) is 5.09. The molecule has 0 amide bonds. The SMILES string of the molecule is CCCNC(c1ccc(F)c(Br)c1)c1ccc(CC)s1. The van der Waals surface area contributed by atoms with E-state index in [0.717, 1.165) is 24.9 Å². The van der Waals surface area contributed by atoms with Crippen molar-refractivity contribution in [3.63, 3.8) is 0 Å². The quantitative estimate of drug-likeness (QED) is 0.741. The Hall–Kier alpha value is -0.710.